The molecule has 1 heterocycles. The highest BCUT2D eigenvalue weighted by molar-refractivity contribution is 5.76. The number of carbonyl (C=O) groups excluding carboxylic acids is 1. The van der Waals surface area contributed by atoms with E-state index < -0.39 is 5.97 Å². The average molecular weight is 261 g/mol. The predicted octanol–water partition coefficient (Wildman–Crippen LogP) is 1.60. The number of carboxylic acids is 1. The molecule has 0 bridgehead atoms. The van der Waals surface area contributed by atoms with E-state index in [1.54, 1.807) is 6.33 Å². The molecule has 1 aromatic heterocycles. The monoisotopic (exact) mass is 261 g/mol. The number of nitrogens with one attached hydrogen (secondary N) is 2. The van der Waals surface area contributed by atoms with Crippen LogP contribution in [0.25, 0.3) is 11.0 Å². The number of nitrogens with zero attached hydrogens (tertiary/aromatic N) is 1. The lowest BCUT2D eigenvalue weighted by molar-refractivity contribution is -0.137. The first-order chi connectivity index (χ1) is 9.06. The normalized spacial score (nSPS) is 12.3. The van der Waals surface area contributed by atoms with Gasteiger partial charge in [-0.1, -0.05) is 6.07 Å². The van der Waals surface area contributed by atoms with E-state index in [-0.39, 0.29) is 18.4 Å². The third kappa shape index (κ3) is 3.31. The summed E-state index contributed by atoms with van der Waals surface area (Å²) in [7, 11) is 0. The van der Waals surface area contributed by atoms with Crippen molar-refractivity contribution in [1.82, 2.24) is 15.3 Å². The minimum atomic E-state index is -0.877. The first-order valence-electron chi connectivity index (χ1n) is 5.98. The Hall–Kier alpha value is -2.37. The Morgan fingerprint density at radius 1 is 1.47 bits per heavy atom. The van der Waals surface area contributed by atoms with Crippen LogP contribution in [0, 0.1) is 0 Å². The van der Waals surface area contributed by atoms with Gasteiger partial charge in [-0.25, -0.2) is 4.98 Å². The first-order valence-corrected chi connectivity index (χ1v) is 5.98. The van der Waals surface area contributed by atoms with Gasteiger partial charge in [0.2, 0.25) is 5.91 Å². The standard InChI is InChI=1S/C13H15N3O3/c1-8(17)16-10(4-5-13(18)19)9-2-3-11-12(6-9)15-7-14-11/h2-3,6-7,10H,4-5H2,1H3,(H,14,15)(H,16,17)(H,18,19). The summed E-state index contributed by atoms with van der Waals surface area (Å²) < 4.78 is 0. The van der Waals surface area contributed by atoms with E-state index in [2.05, 4.69) is 15.3 Å². The quantitative estimate of drug-likeness (QED) is 0.761. The Labute approximate surface area is 109 Å². The highest BCUT2D eigenvalue weighted by atomic mass is 16.4. The molecule has 0 radical (unpaired) electrons. The smallest absolute Gasteiger partial charge is 0.303 e. The van der Waals surface area contributed by atoms with Gasteiger partial charge in [0.05, 0.1) is 23.4 Å². The zero-order valence-corrected chi connectivity index (χ0v) is 10.5. The van der Waals surface area contributed by atoms with E-state index in [1.165, 1.54) is 6.92 Å². The van der Waals surface area contributed by atoms with E-state index in [0.717, 1.165) is 16.6 Å². The Balaban J connectivity index is 2.24. The van der Waals surface area contributed by atoms with Crippen LogP contribution in [0.2, 0.25) is 0 Å². The average Bonchev–Trinajstić information content (AvgIpc) is 2.80. The fourth-order valence-corrected chi connectivity index (χ4v) is 2.01. The van der Waals surface area contributed by atoms with Crippen LogP contribution in [0.15, 0.2) is 24.5 Å². The number of H-pyrrole nitrogens is 1. The SMILES string of the molecule is CC(=O)NC(CCC(=O)O)c1ccc2nc[nH]c2c1. The lowest BCUT2D eigenvalue weighted by atomic mass is 10.0. The van der Waals surface area contributed by atoms with Crippen LogP contribution in [0.4, 0.5) is 0 Å². The van der Waals surface area contributed by atoms with Gasteiger partial charge >= 0.3 is 5.97 Å². The fraction of sp³-hybridized carbons (Fsp3) is 0.308. The largest absolute Gasteiger partial charge is 0.481 e. The molecular formula is C13H15N3O3. The number of carbonyl (C=O) groups is 2. The van der Waals surface area contributed by atoms with Crippen molar-refractivity contribution in [2.45, 2.75) is 25.8 Å². The summed E-state index contributed by atoms with van der Waals surface area (Å²) >= 11 is 0. The van der Waals surface area contributed by atoms with Crippen molar-refractivity contribution < 1.29 is 14.7 Å². The summed E-state index contributed by atoms with van der Waals surface area (Å²) in [5.41, 5.74) is 2.57. The van der Waals surface area contributed by atoms with Gasteiger partial charge in [-0.2, -0.15) is 0 Å². The molecule has 1 amide bonds. The maximum Gasteiger partial charge on any atom is 0.303 e. The second kappa shape index (κ2) is 5.51. The third-order valence-electron chi connectivity index (χ3n) is 2.87. The number of hydrogen-bond acceptors (Lipinski definition) is 3. The Kier molecular flexibility index (Phi) is 3.79. The van der Waals surface area contributed by atoms with Gasteiger partial charge in [-0.15, -0.1) is 0 Å². The molecule has 0 aliphatic rings. The summed E-state index contributed by atoms with van der Waals surface area (Å²) in [5, 5.41) is 11.5. The number of fused-ring (bicyclic) bond motifs is 1. The van der Waals surface area contributed by atoms with Crippen LogP contribution < -0.4 is 5.32 Å². The van der Waals surface area contributed by atoms with Gasteiger partial charge in [0.15, 0.2) is 0 Å². The fourth-order valence-electron chi connectivity index (χ4n) is 2.01. The molecule has 0 aliphatic carbocycles. The van der Waals surface area contributed by atoms with Crippen LogP contribution in [0.1, 0.15) is 31.4 Å². The molecule has 3 N–H and O–H groups in total. The van der Waals surface area contributed by atoms with Gasteiger partial charge in [0.1, 0.15) is 0 Å². The number of aromatic amines is 1. The molecule has 100 valence electrons. The molecule has 1 atom stereocenters. The molecule has 19 heavy (non-hydrogen) atoms. The van der Waals surface area contributed by atoms with Gasteiger partial charge < -0.3 is 15.4 Å². The lowest BCUT2D eigenvalue weighted by Crippen LogP contribution is -2.26. The molecule has 6 heteroatoms. The molecule has 0 fully saturated rings. The zero-order chi connectivity index (χ0) is 13.8. The van der Waals surface area contributed by atoms with Crippen LogP contribution in [0.3, 0.4) is 0 Å². The second-order valence-electron chi connectivity index (χ2n) is 4.36. The summed E-state index contributed by atoms with van der Waals surface area (Å²) in [4.78, 5) is 29.0. The molecule has 2 aromatic rings. The van der Waals surface area contributed by atoms with Crippen molar-refractivity contribution in [3.8, 4) is 0 Å². The summed E-state index contributed by atoms with van der Waals surface area (Å²) in [6, 6.07) is 5.27. The van der Waals surface area contributed by atoms with Crippen LogP contribution in [0.5, 0.6) is 0 Å². The van der Waals surface area contributed by atoms with Crippen LogP contribution in [-0.2, 0) is 9.59 Å². The molecule has 0 aliphatic heterocycles. The van der Waals surface area contributed by atoms with Crippen molar-refractivity contribution in [2.24, 2.45) is 0 Å². The van der Waals surface area contributed by atoms with Crippen molar-refractivity contribution in [3.05, 3.63) is 30.1 Å². The molecule has 6 nitrogen and oxygen atoms in total. The Morgan fingerprint density at radius 2 is 2.26 bits per heavy atom. The molecule has 2 rings (SSSR count). The zero-order valence-electron chi connectivity index (χ0n) is 10.5. The molecule has 1 aromatic carbocycles. The molecular weight excluding hydrogens is 246 g/mol. The summed E-state index contributed by atoms with van der Waals surface area (Å²) in [5.74, 6) is -1.06. The minimum absolute atomic E-state index is 0.00591. The Bertz CT molecular complexity index is 606. The van der Waals surface area contributed by atoms with Crippen molar-refractivity contribution in [3.63, 3.8) is 0 Å². The highest BCUT2D eigenvalue weighted by Gasteiger charge is 2.15. The number of amides is 1. The molecule has 0 spiro atoms. The maximum absolute atomic E-state index is 11.2. The lowest BCUT2D eigenvalue weighted by Gasteiger charge is -2.17. The second-order valence-corrected chi connectivity index (χ2v) is 4.36. The predicted molar refractivity (Wildman–Crippen MR) is 69.5 cm³/mol. The van der Waals surface area contributed by atoms with Crippen molar-refractivity contribution in [2.75, 3.05) is 0 Å². The van der Waals surface area contributed by atoms with E-state index >= 15 is 0 Å². The van der Waals surface area contributed by atoms with E-state index in [0.29, 0.717) is 6.42 Å². The highest BCUT2D eigenvalue weighted by Crippen LogP contribution is 2.22. The molecule has 0 saturated carbocycles. The topological polar surface area (TPSA) is 95.1 Å². The number of rotatable bonds is 5. The minimum Gasteiger partial charge on any atom is -0.481 e. The Morgan fingerprint density at radius 3 is 2.95 bits per heavy atom. The summed E-state index contributed by atoms with van der Waals surface area (Å²) in [6.45, 7) is 1.42. The van der Waals surface area contributed by atoms with Crippen molar-refractivity contribution in [1.29, 1.82) is 0 Å². The summed E-state index contributed by atoms with van der Waals surface area (Å²) in [6.07, 6.45) is 1.96. The van der Waals surface area contributed by atoms with Gasteiger partial charge in [0, 0.05) is 13.3 Å². The number of aromatic nitrogens is 2. The van der Waals surface area contributed by atoms with Crippen molar-refractivity contribution >= 4 is 22.9 Å². The number of aliphatic carboxylic acids is 1. The van der Waals surface area contributed by atoms with Gasteiger partial charge in [-0.05, 0) is 24.1 Å². The third-order valence-corrected chi connectivity index (χ3v) is 2.87. The van der Waals surface area contributed by atoms with E-state index in [9.17, 15) is 9.59 Å². The van der Waals surface area contributed by atoms with E-state index in [4.69, 9.17) is 5.11 Å². The van der Waals surface area contributed by atoms with Crippen LogP contribution >= 0.6 is 0 Å². The molecule has 1 unspecified atom stereocenters. The maximum atomic E-state index is 11.2. The number of benzene rings is 1. The molecule has 0 saturated heterocycles. The number of imidazole rings is 1. The van der Waals surface area contributed by atoms with Crippen LogP contribution in [-0.4, -0.2) is 27.0 Å². The van der Waals surface area contributed by atoms with E-state index in [1.807, 2.05) is 18.2 Å². The number of hydrogen-bond donors (Lipinski definition) is 3. The van der Waals surface area contributed by atoms with Gasteiger partial charge in [0.25, 0.3) is 0 Å². The number of carboxylic acid groups (broad SMARTS) is 1. The first kappa shape index (κ1) is 13.1. The van der Waals surface area contributed by atoms with Gasteiger partial charge in [-0.3, -0.25) is 9.59 Å².